The molecule has 0 amide bonds. The normalized spacial score (nSPS) is 16.3. The number of nitrogens with zero attached hydrogens (tertiary/aromatic N) is 1. The molecule has 0 bridgehead atoms. The standard InChI is InChI=1S/C22H30N2/c1-17(2)18-9-7-11-19(12-8-10-18)21(3,4)14-15-22(5,6)20-13-16-23-24-20/h7-17H,1-6H3,(H,23,24). The largest absolute Gasteiger partial charge is 0.282 e. The van der Waals surface area contributed by atoms with Crippen molar-refractivity contribution in [2.45, 2.75) is 47.0 Å². The van der Waals surface area contributed by atoms with Crippen LogP contribution in [0, 0.1) is 11.3 Å². The summed E-state index contributed by atoms with van der Waals surface area (Å²) in [4.78, 5) is 0. The molecular formula is C22H30N2. The number of H-pyrrole nitrogens is 1. The first kappa shape index (κ1) is 18.3. The number of hydrogen-bond acceptors (Lipinski definition) is 1. The molecule has 1 N–H and O–H groups in total. The maximum atomic E-state index is 4.07. The molecule has 0 fully saturated rings. The fourth-order valence-corrected chi connectivity index (χ4v) is 2.67. The van der Waals surface area contributed by atoms with Crippen LogP contribution in [0.1, 0.15) is 47.2 Å². The lowest BCUT2D eigenvalue weighted by Gasteiger charge is -2.26. The number of allylic oxidation sites excluding steroid dienone is 10. The predicted octanol–water partition coefficient (Wildman–Crippen LogP) is 5.90. The first-order chi connectivity index (χ1) is 11.2. The zero-order valence-corrected chi connectivity index (χ0v) is 15.8. The highest BCUT2D eigenvalue weighted by molar-refractivity contribution is 5.40. The van der Waals surface area contributed by atoms with Crippen molar-refractivity contribution >= 4 is 0 Å². The van der Waals surface area contributed by atoms with E-state index in [-0.39, 0.29) is 10.8 Å². The van der Waals surface area contributed by atoms with Crippen molar-refractivity contribution < 1.29 is 0 Å². The Morgan fingerprint density at radius 2 is 1.62 bits per heavy atom. The summed E-state index contributed by atoms with van der Waals surface area (Å²) in [5.41, 5.74) is 3.67. The van der Waals surface area contributed by atoms with Crippen LogP contribution in [0.2, 0.25) is 0 Å². The molecule has 1 aliphatic carbocycles. The second-order valence-electron chi connectivity index (χ2n) is 7.91. The van der Waals surface area contributed by atoms with E-state index in [1.807, 2.05) is 6.07 Å². The van der Waals surface area contributed by atoms with Gasteiger partial charge in [0.1, 0.15) is 0 Å². The van der Waals surface area contributed by atoms with Crippen LogP contribution in [-0.4, -0.2) is 10.2 Å². The Morgan fingerprint density at radius 1 is 0.958 bits per heavy atom. The second kappa shape index (κ2) is 7.21. The Kier molecular flexibility index (Phi) is 5.48. The Bertz CT molecular complexity index is 690. The van der Waals surface area contributed by atoms with Gasteiger partial charge in [0.05, 0.1) is 0 Å². The van der Waals surface area contributed by atoms with E-state index >= 15 is 0 Å². The first-order valence-corrected chi connectivity index (χ1v) is 8.70. The van der Waals surface area contributed by atoms with Crippen molar-refractivity contribution in [2.24, 2.45) is 11.3 Å². The maximum Gasteiger partial charge on any atom is 0.0490 e. The van der Waals surface area contributed by atoms with Gasteiger partial charge >= 0.3 is 0 Å². The van der Waals surface area contributed by atoms with Crippen LogP contribution in [-0.2, 0) is 5.41 Å². The van der Waals surface area contributed by atoms with Crippen LogP contribution in [0.15, 0.2) is 72.0 Å². The van der Waals surface area contributed by atoms with E-state index in [0.717, 1.165) is 5.69 Å². The third-order valence-electron chi connectivity index (χ3n) is 4.65. The Hall–Kier alpha value is -2.09. The maximum absolute atomic E-state index is 4.07. The molecule has 0 radical (unpaired) electrons. The smallest absolute Gasteiger partial charge is 0.0490 e. The molecule has 1 heterocycles. The molecule has 1 aromatic rings. The van der Waals surface area contributed by atoms with Gasteiger partial charge in [-0.3, -0.25) is 5.10 Å². The summed E-state index contributed by atoms with van der Waals surface area (Å²) in [5.74, 6) is 0.545. The first-order valence-electron chi connectivity index (χ1n) is 8.70. The van der Waals surface area contributed by atoms with E-state index in [1.165, 1.54) is 11.1 Å². The minimum Gasteiger partial charge on any atom is -0.282 e. The van der Waals surface area contributed by atoms with Crippen LogP contribution >= 0.6 is 0 Å². The van der Waals surface area contributed by atoms with Crippen LogP contribution in [0.25, 0.3) is 0 Å². The molecule has 2 nitrogen and oxygen atoms in total. The molecule has 0 unspecified atom stereocenters. The third-order valence-corrected chi connectivity index (χ3v) is 4.65. The molecule has 0 saturated carbocycles. The highest BCUT2D eigenvalue weighted by Gasteiger charge is 2.23. The topological polar surface area (TPSA) is 28.7 Å². The van der Waals surface area contributed by atoms with Gasteiger partial charge in [0.15, 0.2) is 0 Å². The Balaban J connectivity index is 2.20. The van der Waals surface area contributed by atoms with Gasteiger partial charge in [0, 0.05) is 22.7 Å². The second-order valence-corrected chi connectivity index (χ2v) is 7.91. The average Bonchev–Trinajstić information content (AvgIpc) is 2.99. The summed E-state index contributed by atoms with van der Waals surface area (Å²) in [6.07, 6.45) is 19.6. The lowest BCUT2D eigenvalue weighted by atomic mass is 9.79. The monoisotopic (exact) mass is 322 g/mol. The van der Waals surface area contributed by atoms with E-state index in [1.54, 1.807) is 6.20 Å². The molecule has 0 atom stereocenters. The molecular weight excluding hydrogens is 292 g/mol. The lowest BCUT2D eigenvalue weighted by molar-refractivity contribution is 0.570. The molecule has 2 rings (SSSR count). The van der Waals surface area contributed by atoms with Crippen LogP contribution in [0.3, 0.4) is 0 Å². The molecule has 0 spiro atoms. The highest BCUT2D eigenvalue weighted by atomic mass is 15.1. The number of aromatic nitrogens is 2. The van der Waals surface area contributed by atoms with Gasteiger partial charge in [-0.25, -0.2) is 0 Å². The van der Waals surface area contributed by atoms with Gasteiger partial charge < -0.3 is 0 Å². The van der Waals surface area contributed by atoms with E-state index in [0.29, 0.717) is 5.92 Å². The van der Waals surface area contributed by atoms with Crippen LogP contribution < -0.4 is 0 Å². The van der Waals surface area contributed by atoms with Gasteiger partial charge in [-0.1, -0.05) is 90.2 Å². The third kappa shape index (κ3) is 4.47. The zero-order valence-electron chi connectivity index (χ0n) is 15.8. The van der Waals surface area contributed by atoms with Crippen molar-refractivity contribution in [2.75, 3.05) is 0 Å². The fourth-order valence-electron chi connectivity index (χ4n) is 2.67. The number of hydrogen-bond donors (Lipinski definition) is 1. The van der Waals surface area contributed by atoms with Gasteiger partial charge in [-0.15, -0.1) is 0 Å². The van der Waals surface area contributed by atoms with E-state index in [9.17, 15) is 0 Å². The molecule has 0 saturated heterocycles. The van der Waals surface area contributed by atoms with E-state index in [4.69, 9.17) is 0 Å². The average molecular weight is 322 g/mol. The molecule has 0 aliphatic heterocycles. The van der Waals surface area contributed by atoms with Crippen LogP contribution in [0.5, 0.6) is 0 Å². The predicted molar refractivity (Wildman–Crippen MR) is 104 cm³/mol. The number of nitrogens with one attached hydrogen (secondary N) is 1. The van der Waals surface area contributed by atoms with Gasteiger partial charge in [-0.2, -0.15) is 5.10 Å². The molecule has 24 heavy (non-hydrogen) atoms. The molecule has 1 aromatic heterocycles. The minimum atomic E-state index is -0.0692. The summed E-state index contributed by atoms with van der Waals surface area (Å²) < 4.78 is 0. The van der Waals surface area contributed by atoms with E-state index in [2.05, 4.69) is 100 Å². The summed E-state index contributed by atoms with van der Waals surface area (Å²) in [6, 6.07) is 2.04. The zero-order chi connectivity index (χ0) is 17.8. The number of rotatable bonds is 5. The summed E-state index contributed by atoms with van der Waals surface area (Å²) in [6.45, 7) is 13.4. The quantitative estimate of drug-likeness (QED) is 0.671. The summed E-state index contributed by atoms with van der Waals surface area (Å²) >= 11 is 0. The van der Waals surface area contributed by atoms with Gasteiger partial charge in [0.25, 0.3) is 0 Å². The number of aromatic amines is 1. The lowest BCUT2D eigenvalue weighted by Crippen LogP contribution is -2.17. The summed E-state index contributed by atoms with van der Waals surface area (Å²) in [7, 11) is 0. The SMILES string of the molecule is CC(C)C1=CC=CC(C(C)(C)C=CC(C)(C)c2ccn[nH]2)=CC=C1. The molecule has 128 valence electrons. The van der Waals surface area contributed by atoms with Crippen molar-refractivity contribution in [3.05, 3.63) is 77.7 Å². The molecule has 2 heteroatoms. The van der Waals surface area contributed by atoms with Gasteiger partial charge in [0.2, 0.25) is 0 Å². The van der Waals surface area contributed by atoms with Gasteiger partial charge in [-0.05, 0) is 23.1 Å². The molecule has 0 aromatic carbocycles. The Morgan fingerprint density at radius 3 is 2.25 bits per heavy atom. The fraction of sp³-hybridized carbons (Fsp3) is 0.409. The van der Waals surface area contributed by atoms with Crippen molar-refractivity contribution in [1.82, 2.24) is 10.2 Å². The van der Waals surface area contributed by atoms with Crippen molar-refractivity contribution in [1.29, 1.82) is 0 Å². The van der Waals surface area contributed by atoms with Crippen molar-refractivity contribution in [3.8, 4) is 0 Å². The molecule has 1 aliphatic rings. The summed E-state index contributed by atoms with van der Waals surface area (Å²) in [5, 5.41) is 7.15. The minimum absolute atomic E-state index is 0.0404. The van der Waals surface area contributed by atoms with E-state index < -0.39 is 0 Å². The Labute approximate surface area is 146 Å². The highest BCUT2D eigenvalue weighted by Crippen LogP contribution is 2.33. The van der Waals surface area contributed by atoms with Crippen molar-refractivity contribution in [3.63, 3.8) is 0 Å². The van der Waals surface area contributed by atoms with Crippen LogP contribution in [0.4, 0.5) is 0 Å².